The number of allylic oxidation sites excluding steroid dienone is 4. The van der Waals surface area contributed by atoms with Crippen LogP contribution in [0, 0.1) is 5.92 Å². The van der Waals surface area contributed by atoms with Crippen LogP contribution in [0.15, 0.2) is 96.1 Å². The molecule has 0 bridgehead atoms. The molecule has 0 aromatic heterocycles. The molecule has 1 aliphatic heterocycles. The molecule has 2 aromatic rings. The topological polar surface area (TPSA) is 42.0 Å². The fraction of sp³-hybridized carbons (Fsp3) is 0.500. The summed E-state index contributed by atoms with van der Waals surface area (Å²) in [6.07, 6.45) is 11.8. The summed E-state index contributed by atoms with van der Waals surface area (Å²) in [5.41, 5.74) is 3.62. The van der Waals surface area contributed by atoms with E-state index in [0.29, 0.717) is 6.61 Å². The molecule has 1 N–H and O–H groups in total. The highest BCUT2D eigenvalue weighted by Gasteiger charge is 2.56. The maximum Gasteiger partial charge on any atom is 0.261 e. The lowest BCUT2D eigenvalue weighted by Crippen LogP contribution is -2.66. The average Bonchev–Trinajstić information content (AvgIpc) is 3.63. The molecule has 0 amide bonds. The second-order valence-electron chi connectivity index (χ2n) is 13.1. The Morgan fingerprint density at radius 1 is 0.950 bits per heavy atom. The number of ether oxygens (including phenoxy) is 1. The summed E-state index contributed by atoms with van der Waals surface area (Å²) in [5, 5.41) is 12.8. The molecule has 1 fully saturated rings. The minimum atomic E-state index is -2.64. The molecular weight excluding hydrogens is 508 g/mol. The van der Waals surface area contributed by atoms with E-state index in [9.17, 15) is 5.11 Å². The Kier molecular flexibility index (Phi) is 10.1. The van der Waals surface area contributed by atoms with Gasteiger partial charge in [-0.3, -0.25) is 0 Å². The van der Waals surface area contributed by atoms with E-state index >= 15 is 0 Å². The van der Waals surface area contributed by atoms with Crippen LogP contribution >= 0.6 is 0 Å². The van der Waals surface area contributed by atoms with Crippen LogP contribution in [0.5, 0.6) is 0 Å². The van der Waals surface area contributed by atoms with Gasteiger partial charge in [-0.05, 0) is 85.7 Å². The van der Waals surface area contributed by atoms with Crippen LogP contribution in [-0.4, -0.2) is 38.3 Å². The van der Waals surface area contributed by atoms with E-state index in [2.05, 4.69) is 114 Å². The number of rotatable bonds is 7. The molecule has 4 rings (SSSR count). The van der Waals surface area contributed by atoms with Gasteiger partial charge in [0.1, 0.15) is 5.60 Å². The summed E-state index contributed by atoms with van der Waals surface area (Å²) >= 11 is 0. The molecule has 1 saturated heterocycles. The Labute approximate surface area is 244 Å². The van der Waals surface area contributed by atoms with Crippen molar-refractivity contribution in [3.63, 3.8) is 0 Å². The van der Waals surface area contributed by atoms with Crippen LogP contribution in [-0.2, 0) is 9.16 Å². The first-order chi connectivity index (χ1) is 19.1. The van der Waals surface area contributed by atoms with Crippen molar-refractivity contribution in [2.45, 2.75) is 96.3 Å². The molecule has 216 valence electrons. The van der Waals surface area contributed by atoms with Gasteiger partial charge in [-0.15, -0.1) is 0 Å². The van der Waals surface area contributed by atoms with Gasteiger partial charge >= 0.3 is 0 Å². The lowest BCUT2D eigenvalue weighted by Gasteiger charge is -2.43. The Morgan fingerprint density at radius 3 is 2.10 bits per heavy atom. The lowest BCUT2D eigenvalue weighted by atomic mass is 9.85. The van der Waals surface area contributed by atoms with Crippen LogP contribution in [0.4, 0.5) is 0 Å². The summed E-state index contributed by atoms with van der Waals surface area (Å²) in [5.74, 6) is 0.278. The van der Waals surface area contributed by atoms with E-state index in [1.807, 2.05) is 0 Å². The van der Waals surface area contributed by atoms with Crippen molar-refractivity contribution in [2.75, 3.05) is 13.2 Å². The van der Waals surface area contributed by atoms with Gasteiger partial charge in [0.15, 0.2) is 0 Å². The van der Waals surface area contributed by atoms with Crippen LogP contribution in [0.1, 0.15) is 79.6 Å². The SMILES string of the molecule is C=C(CO[Si](c1ccccc1)(c1ccccc1)C(C)(C)C)[C@H]1CC/C(C)=C/CC/C(C)=C/CC[C@@]2(CO)O[C@@H]2C1. The molecule has 1 heterocycles. The fourth-order valence-electron chi connectivity index (χ4n) is 6.49. The Bertz CT molecular complexity index is 1140. The van der Waals surface area contributed by atoms with Gasteiger partial charge in [0.05, 0.1) is 19.3 Å². The number of epoxide rings is 1. The molecule has 1 aliphatic carbocycles. The molecule has 4 heteroatoms. The van der Waals surface area contributed by atoms with Gasteiger partial charge in [0, 0.05) is 0 Å². The third-order valence-corrected chi connectivity index (χ3v) is 14.1. The first kappa shape index (κ1) is 30.7. The third kappa shape index (κ3) is 6.96. The van der Waals surface area contributed by atoms with Crippen molar-refractivity contribution in [2.24, 2.45) is 5.92 Å². The van der Waals surface area contributed by atoms with Crippen molar-refractivity contribution < 1.29 is 14.3 Å². The molecule has 3 atom stereocenters. The van der Waals surface area contributed by atoms with E-state index in [4.69, 9.17) is 9.16 Å². The van der Waals surface area contributed by atoms with Gasteiger partial charge in [-0.2, -0.15) is 0 Å². The Hall–Kier alpha value is -2.24. The molecular formula is C36H50O3Si. The highest BCUT2D eigenvalue weighted by molar-refractivity contribution is 6.99. The minimum absolute atomic E-state index is 0.0735. The highest BCUT2D eigenvalue weighted by atomic mass is 28.4. The van der Waals surface area contributed by atoms with Crippen LogP contribution < -0.4 is 10.4 Å². The normalized spacial score (nSPS) is 27.4. The highest BCUT2D eigenvalue weighted by Crippen LogP contribution is 2.46. The van der Waals surface area contributed by atoms with Crippen LogP contribution in [0.3, 0.4) is 0 Å². The molecule has 2 aromatic carbocycles. The molecule has 2 aliphatic rings. The van der Waals surface area contributed by atoms with E-state index in [0.717, 1.165) is 50.5 Å². The summed E-state index contributed by atoms with van der Waals surface area (Å²) in [6, 6.07) is 21.7. The van der Waals surface area contributed by atoms with Crippen molar-refractivity contribution in [3.05, 3.63) is 96.1 Å². The number of aliphatic hydroxyl groups is 1. The molecule has 0 unspecified atom stereocenters. The largest absolute Gasteiger partial charge is 0.403 e. The van der Waals surface area contributed by atoms with Gasteiger partial charge < -0.3 is 14.3 Å². The molecule has 3 nitrogen and oxygen atoms in total. The fourth-order valence-corrected chi connectivity index (χ4v) is 11.1. The molecule has 40 heavy (non-hydrogen) atoms. The maximum absolute atomic E-state index is 10.3. The van der Waals surface area contributed by atoms with E-state index in [1.165, 1.54) is 21.5 Å². The average molecular weight is 559 g/mol. The standard InChI is InChI=1S/C36H50O3Si/c1-28-15-13-16-29(2)22-23-31(25-34-36(27-37,39-34)24-14-17-28)30(3)26-38-40(35(4,5)6,32-18-9-7-10-19-32)33-20-11-8-12-21-33/h7-12,16-21,31,34,37H,3,13-15,22-27H2,1-2,4-6H3/b28-17+,29-16+/t31-,34+,36-/m0/s1. The van der Waals surface area contributed by atoms with Gasteiger partial charge in [0.25, 0.3) is 8.32 Å². The van der Waals surface area contributed by atoms with Crippen LogP contribution in [0.2, 0.25) is 5.04 Å². The molecule has 0 saturated carbocycles. The quantitative estimate of drug-likeness (QED) is 0.217. The summed E-state index contributed by atoms with van der Waals surface area (Å²) in [7, 11) is -2.64. The second kappa shape index (κ2) is 13.2. The number of hydrogen-bond donors (Lipinski definition) is 1. The number of hydrogen-bond acceptors (Lipinski definition) is 3. The minimum Gasteiger partial charge on any atom is -0.403 e. The summed E-state index contributed by atoms with van der Waals surface area (Å²) in [6.45, 7) is 16.7. The number of fused-ring (bicyclic) bond motifs is 1. The third-order valence-electron chi connectivity index (χ3n) is 9.12. The summed E-state index contributed by atoms with van der Waals surface area (Å²) in [4.78, 5) is 0. The maximum atomic E-state index is 10.3. The van der Waals surface area contributed by atoms with E-state index in [-0.39, 0.29) is 23.7 Å². The summed E-state index contributed by atoms with van der Waals surface area (Å²) < 4.78 is 13.5. The number of benzene rings is 2. The van der Waals surface area contributed by atoms with Crippen molar-refractivity contribution in [3.8, 4) is 0 Å². The Balaban J connectivity index is 1.60. The zero-order chi connectivity index (χ0) is 28.8. The Morgan fingerprint density at radius 2 is 1.52 bits per heavy atom. The van der Waals surface area contributed by atoms with Crippen molar-refractivity contribution >= 4 is 18.7 Å². The zero-order valence-corrected chi connectivity index (χ0v) is 26.4. The molecule has 0 radical (unpaired) electrons. The first-order valence-electron chi connectivity index (χ1n) is 15.1. The predicted octanol–water partition coefficient (Wildman–Crippen LogP) is 7.50. The lowest BCUT2D eigenvalue weighted by molar-refractivity contribution is 0.164. The second-order valence-corrected chi connectivity index (χ2v) is 17.4. The molecule has 0 spiro atoms. The van der Waals surface area contributed by atoms with Gasteiger partial charge in [-0.25, -0.2) is 0 Å². The predicted molar refractivity (Wildman–Crippen MR) is 171 cm³/mol. The zero-order valence-electron chi connectivity index (χ0n) is 25.4. The van der Waals surface area contributed by atoms with Gasteiger partial charge in [0.2, 0.25) is 0 Å². The van der Waals surface area contributed by atoms with Gasteiger partial charge in [-0.1, -0.05) is 111 Å². The monoisotopic (exact) mass is 558 g/mol. The van der Waals surface area contributed by atoms with Crippen LogP contribution in [0.25, 0.3) is 0 Å². The smallest absolute Gasteiger partial charge is 0.261 e. The van der Waals surface area contributed by atoms with Crippen molar-refractivity contribution in [1.29, 1.82) is 0 Å². The van der Waals surface area contributed by atoms with E-state index in [1.54, 1.807) is 0 Å². The van der Waals surface area contributed by atoms with Crippen molar-refractivity contribution in [1.82, 2.24) is 0 Å². The first-order valence-corrected chi connectivity index (χ1v) is 17.0. The number of aliphatic hydroxyl groups excluding tert-OH is 1. The van der Waals surface area contributed by atoms with E-state index < -0.39 is 13.9 Å².